The van der Waals surface area contributed by atoms with E-state index in [4.69, 9.17) is 0 Å². The second-order valence-electron chi connectivity index (χ2n) is 5.80. The van der Waals surface area contributed by atoms with Gasteiger partial charge >= 0.3 is 0 Å². The number of carbonyl (C=O) groups excluding carboxylic acids is 1. The van der Waals surface area contributed by atoms with Gasteiger partial charge in [0, 0.05) is 20.1 Å². The minimum absolute atomic E-state index is 0.153. The summed E-state index contributed by atoms with van der Waals surface area (Å²) < 4.78 is 25.8. The molecule has 0 aromatic carbocycles. The number of thiophene rings is 1. The lowest BCUT2D eigenvalue weighted by Gasteiger charge is -2.20. The fourth-order valence-electron chi connectivity index (χ4n) is 2.62. The van der Waals surface area contributed by atoms with Crippen LogP contribution in [0.15, 0.2) is 21.7 Å². The molecule has 0 unspecified atom stereocenters. The highest BCUT2D eigenvalue weighted by Crippen LogP contribution is 2.19. The summed E-state index contributed by atoms with van der Waals surface area (Å²) in [6, 6.07) is 3.24. The molecule has 0 spiro atoms. The van der Waals surface area contributed by atoms with E-state index in [2.05, 4.69) is 10.2 Å². The van der Waals surface area contributed by atoms with Gasteiger partial charge in [0.25, 0.3) is 10.0 Å². The van der Waals surface area contributed by atoms with Crippen LogP contribution in [-0.2, 0) is 14.8 Å². The summed E-state index contributed by atoms with van der Waals surface area (Å²) in [6.45, 7) is 3.41. The molecule has 23 heavy (non-hydrogen) atoms. The molecule has 2 heterocycles. The van der Waals surface area contributed by atoms with Gasteiger partial charge in [0.15, 0.2) is 0 Å². The van der Waals surface area contributed by atoms with Crippen LogP contribution < -0.4 is 5.32 Å². The molecule has 2 rings (SSSR count). The Labute approximate surface area is 142 Å². The van der Waals surface area contributed by atoms with Crippen molar-refractivity contribution < 1.29 is 13.2 Å². The van der Waals surface area contributed by atoms with Crippen molar-refractivity contribution in [1.82, 2.24) is 14.5 Å². The number of carbonyl (C=O) groups is 1. The molecule has 1 aromatic heterocycles. The smallest absolute Gasteiger partial charge is 0.252 e. The molecule has 130 valence electrons. The number of likely N-dealkylation sites (N-methyl/N-ethyl adjacent to an activating group) is 1. The first-order chi connectivity index (χ1) is 11.0. The van der Waals surface area contributed by atoms with Crippen LogP contribution in [0.25, 0.3) is 0 Å². The zero-order valence-corrected chi connectivity index (χ0v) is 15.2. The highest BCUT2D eigenvalue weighted by atomic mass is 32.2. The van der Waals surface area contributed by atoms with E-state index in [1.165, 1.54) is 32.7 Å². The fourth-order valence-corrected chi connectivity index (χ4v) is 4.95. The first kappa shape index (κ1) is 18.4. The summed E-state index contributed by atoms with van der Waals surface area (Å²) in [7, 11) is -2.13. The highest BCUT2D eigenvalue weighted by Gasteiger charge is 2.23. The quantitative estimate of drug-likeness (QED) is 0.798. The summed E-state index contributed by atoms with van der Waals surface area (Å²) in [5.74, 6) is -0.262. The second kappa shape index (κ2) is 8.77. The van der Waals surface area contributed by atoms with Gasteiger partial charge < -0.3 is 10.2 Å². The van der Waals surface area contributed by atoms with Crippen molar-refractivity contribution in [2.75, 3.05) is 39.8 Å². The maximum Gasteiger partial charge on any atom is 0.252 e. The van der Waals surface area contributed by atoms with E-state index < -0.39 is 10.0 Å². The maximum atomic E-state index is 12.2. The number of nitrogens with zero attached hydrogens (tertiary/aromatic N) is 2. The molecule has 1 aliphatic heterocycles. The van der Waals surface area contributed by atoms with Crippen molar-refractivity contribution in [3.05, 3.63) is 17.5 Å². The number of likely N-dealkylation sites (tertiary alicyclic amines) is 1. The first-order valence-corrected chi connectivity index (χ1v) is 10.3. The Hall–Kier alpha value is -0.960. The summed E-state index contributed by atoms with van der Waals surface area (Å²) in [6.07, 6.45) is 5.01. The number of amides is 1. The van der Waals surface area contributed by atoms with Crippen molar-refractivity contribution >= 4 is 27.3 Å². The van der Waals surface area contributed by atoms with Crippen molar-refractivity contribution in [1.29, 1.82) is 0 Å². The molecular weight excluding hydrogens is 334 g/mol. The Morgan fingerprint density at radius 3 is 2.61 bits per heavy atom. The molecule has 1 N–H and O–H groups in total. The molecule has 1 aromatic rings. The summed E-state index contributed by atoms with van der Waals surface area (Å²) in [5, 5.41) is 4.53. The average Bonchev–Trinajstić information content (AvgIpc) is 2.94. The van der Waals surface area contributed by atoms with Gasteiger partial charge in [-0.3, -0.25) is 4.79 Å². The van der Waals surface area contributed by atoms with Crippen LogP contribution in [0.4, 0.5) is 0 Å². The van der Waals surface area contributed by atoms with Gasteiger partial charge in [-0.25, -0.2) is 8.42 Å². The van der Waals surface area contributed by atoms with Crippen molar-refractivity contribution in [2.24, 2.45) is 0 Å². The van der Waals surface area contributed by atoms with Crippen LogP contribution >= 0.6 is 11.3 Å². The lowest BCUT2D eigenvalue weighted by atomic mass is 10.2. The van der Waals surface area contributed by atoms with E-state index in [0.29, 0.717) is 6.54 Å². The Kier molecular flexibility index (Phi) is 7.01. The van der Waals surface area contributed by atoms with Crippen LogP contribution in [0.5, 0.6) is 0 Å². The molecule has 0 bridgehead atoms. The van der Waals surface area contributed by atoms with Crippen LogP contribution in [0, 0.1) is 0 Å². The topological polar surface area (TPSA) is 69.7 Å². The Morgan fingerprint density at radius 2 is 2.00 bits per heavy atom. The maximum absolute atomic E-state index is 12.2. The third kappa shape index (κ3) is 5.56. The molecule has 0 atom stereocenters. The number of hydrogen-bond acceptors (Lipinski definition) is 5. The van der Waals surface area contributed by atoms with Gasteiger partial charge in [-0.2, -0.15) is 4.31 Å². The van der Waals surface area contributed by atoms with Gasteiger partial charge in [0.2, 0.25) is 5.91 Å². The highest BCUT2D eigenvalue weighted by molar-refractivity contribution is 7.91. The number of nitrogens with one attached hydrogen (secondary N) is 1. The Morgan fingerprint density at radius 1 is 1.30 bits per heavy atom. The van der Waals surface area contributed by atoms with E-state index in [1.54, 1.807) is 17.5 Å². The molecule has 1 saturated heterocycles. The largest absolute Gasteiger partial charge is 0.354 e. The lowest BCUT2D eigenvalue weighted by Crippen LogP contribution is -2.41. The Bertz CT molecular complexity index is 579. The van der Waals surface area contributed by atoms with Crippen molar-refractivity contribution in [2.45, 2.75) is 29.9 Å². The molecule has 1 amide bonds. The number of rotatable bonds is 7. The molecule has 0 saturated carbocycles. The molecule has 1 aliphatic rings. The summed E-state index contributed by atoms with van der Waals surface area (Å²) in [4.78, 5) is 14.3. The third-order valence-electron chi connectivity index (χ3n) is 3.97. The molecular formula is C15H25N3O3S2. The zero-order chi connectivity index (χ0) is 16.7. The molecule has 8 heteroatoms. The standard InChI is InChI=1S/C15H25N3O3S2/c1-17(23(20,21)15-7-6-12-22-15)13-14(19)16-8-11-18-9-4-2-3-5-10-18/h6-7,12H,2-5,8-11,13H2,1H3,(H,16,19). The van der Waals surface area contributed by atoms with E-state index in [1.807, 2.05) is 0 Å². The van der Waals surface area contributed by atoms with Crippen LogP contribution in [0.2, 0.25) is 0 Å². The predicted octanol–water partition coefficient (Wildman–Crippen LogP) is 1.36. The van der Waals surface area contributed by atoms with Gasteiger partial charge in [-0.15, -0.1) is 11.3 Å². The lowest BCUT2D eigenvalue weighted by molar-refractivity contribution is -0.121. The third-order valence-corrected chi connectivity index (χ3v) is 7.15. The van der Waals surface area contributed by atoms with Crippen LogP contribution in [0.1, 0.15) is 25.7 Å². The Balaban J connectivity index is 1.74. The van der Waals surface area contributed by atoms with Gasteiger partial charge in [0.05, 0.1) is 6.54 Å². The van der Waals surface area contributed by atoms with E-state index in [9.17, 15) is 13.2 Å². The number of hydrogen-bond donors (Lipinski definition) is 1. The minimum atomic E-state index is -3.56. The van der Waals surface area contributed by atoms with E-state index >= 15 is 0 Å². The minimum Gasteiger partial charge on any atom is -0.354 e. The van der Waals surface area contributed by atoms with Gasteiger partial charge in [-0.1, -0.05) is 18.9 Å². The van der Waals surface area contributed by atoms with E-state index in [-0.39, 0.29) is 16.7 Å². The van der Waals surface area contributed by atoms with E-state index in [0.717, 1.165) is 35.3 Å². The fraction of sp³-hybridized carbons (Fsp3) is 0.667. The zero-order valence-electron chi connectivity index (χ0n) is 13.5. The first-order valence-electron chi connectivity index (χ1n) is 7.99. The monoisotopic (exact) mass is 359 g/mol. The normalized spacial score (nSPS) is 17.1. The van der Waals surface area contributed by atoms with Crippen molar-refractivity contribution in [3.8, 4) is 0 Å². The molecule has 0 radical (unpaired) electrons. The van der Waals surface area contributed by atoms with Gasteiger partial charge in [-0.05, 0) is 37.4 Å². The van der Waals surface area contributed by atoms with Crippen molar-refractivity contribution in [3.63, 3.8) is 0 Å². The molecule has 0 aliphatic carbocycles. The summed E-state index contributed by atoms with van der Waals surface area (Å²) >= 11 is 1.16. The van der Waals surface area contributed by atoms with Gasteiger partial charge in [0.1, 0.15) is 4.21 Å². The predicted molar refractivity (Wildman–Crippen MR) is 92.1 cm³/mol. The average molecular weight is 360 g/mol. The molecule has 6 nitrogen and oxygen atoms in total. The van der Waals surface area contributed by atoms with Crippen LogP contribution in [0.3, 0.4) is 0 Å². The molecule has 1 fully saturated rings. The summed E-state index contributed by atoms with van der Waals surface area (Å²) in [5.41, 5.74) is 0. The van der Waals surface area contributed by atoms with Crippen LogP contribution in [-0.4, -0.2) is 63.3 Å². The second-order valence-corrected chi connectivity index (χ2v) is 9.02. The SMILES string of the molecule is CN(CC(=O)NCCN1CCCCCC1)S(=O)(=O)c1cccs1. The number of sulfonamides is 1.